The topological polar surface area (TPSA) is 55.6 Å². The number of hydrogen-bond donors (Lipinski definition) is 0. The molecule has 0 amide bonds. The number of benzene rings is 2. The highest BCUT2D eigenvalue weighted by molar-refractivity contribution is 5.68. The summed E-state index contributed by atoms with van der Waals surface area (Å²) in [5.41, 5.74) is 1.78. The second-order valence-corrected chi connectivity index (χ2v) is 5.59. The maximum atomic E-state index is 11.4. The SMILES string of the molecule is CCCN(CC)CCOc1ccc(-c2ccccc2)cc1[N+](=O)[O-]. The summed E-state index contributed by atoms with van der Waals surface area (Å²) in [4.78, 5) is 13.3. The van der Waals surface area contributed by atoms with Crippen LogP contribution in [0, 0.1) is 10.1 Å². The predicted octanol–water partition coefficient (Wildman–Crippen LogP) is 4.37. The Morgan fingerprint density at radius 2 is 1.79 bits per heavy atom. The first-order valence-corrected chi connectivity index (χ1v) is 8.34. The molecule has 0 unspecified atom stereocenters. The highest BCUT2D eigenvalue weighted by atomic mass is 16.6. The number of rotatable bonds is 9. The van der Waals surface area contributed by atoms with E-state index in [1.807, 2.05) is 36.4 Å². The van der Waals surface area contributed by atoms with Crippen molar-refractivity contribution >= 4 is 5.69 Å². The Morgan fingerprint density at radius 3 is 2.42 bits per heavy atom. The second-order valence-electron chi connectivity index (χ2n) is 5.59. The zero-order valence-corrected chi connectivity index (χ0v) is 14.3. The maximum Gasteiger partial charge on any atom is 0.311 e. The molecule has 5 heteroatoms. The van der Waals surface area contributed by atoms with E-state index in [0.29, 0.717) is 12.4 Å². The summed E-state index contributed by atoms with van der Waals surface area (Å²) in [5, 5.41) is 11.4. The number of nitrogens with zero attached hydrogens (tertiary/aromatic N) is 2. The molecule has 0 saturated heterocycles. The van der Waals surface area contributed by atoms with Crippen LogP contribution in [-0.4, -0.2) is 36.1 Å². The first-order chi connectivity index (χ1) is 11.7. The molecule has 0 saturated carbocycles. The van der Waals surface area contributed by atoms with Crippen molar-refractivity contribution in [2.24, 2.45) is 0 Å². The van der Waals surface area contributed by atoms with Gasteiger partial charge in [0, 0.05) is 12.6 Å². The molecule has 0 bridgehead atoms. The number of likely N-dealkylation sites (N-methyl/N-ethyl adjacent to an activating group) is 1. The van der Waals surface area contributed by atoms with Crippen LogP contribution in [0.25, 0.3) is 11.1 Å². The van der Waals surface area contributed by atoms with Crippen LogP contribution in [-0.2, 0) is 0 Å². The first kappa shape index (κ1) is 17.9. The van der Waals surface area contributed by atoms with E-state index in [1.54, 1.807) is 12.1 Å². The van der Waals surface area contributed by atoms with E-state index in [4.69, 9.17) is 4.74 Å². The van der Waals surface area contributed by atoms with Gasteiger partial charge in [-0.25, -0.2) is 0 Å². The Labute approximate surface area is 143 Å². The quantitative estimate of drug-likeness (QED) is 0.506. The van der Waals surface area contributed by atoms with Gasteiger partial charge in [-0.3, -0.25) is 10.1 Å². The van der Waals surface area contributed by atoms with E-state index in [-0.39, 0.29) is 10.6 Å². The third-order valence-corrected chi connectivity index (χ3v) is 3.91. The van der Waals surface area contributed by atoms with Gasteiger partial charge in [-0.15, -0.1) is 0 Å². The average Bonchev–Trinajstić information content (AvgIpc) is 2.61. The van der Waals surface area contributed by atoms with E-state index in [2.05, 4.69) is 18.7 Å². The van der Waals surface area contributed by atoms with Crippen molar-refractivity contribution in [3.05, 3.63) is 58.6 Å². The molecule has 2 rings (SSSR count). The molecule has 0 spiro atoms. The molecule has 24 heavy (non-hydrogen) atoms. The molecular weight excluding hydrogens is 304 g/mol. The molecule has 5 nitrogen and oxygen atoms in total. The normalized spacial score (nSPS) is 10.8. The fourth-order valence-electron chi connectivity index (χ4n) is 2.62. The third-order valence-electron chi connectivity index (χ3n) is 3.91. The summed E-state index contributed by atoms with van der Waals surface area (Å²) >= 11 is 0. The Balaban J connectivity index is 2.11. The van der Waals surface area contributed by atoms with Crippen LogP contribution < -0.4 is 4.74 Å². The summed E-state index contributed by atoms with van der Waals surface area (Å²) in [5.74, 6) is 0.326. The molecule has 128 valence electrons. The molecule has 0 radical (unpaired) electrons. The van der Waals surface area contributed by atoms with Gasteiger partial charge in [0.2, 0.25) is 0 Å². The van der Waals surface area contributed by atoms with Crippen molar-refractivity contribution in [2.45, 2.75) is 20.3 Å². The van der Waals surface area contributed by atoms with Crippen molar-refractivity contribution in [2.75, 3.05) is 26.2 Å². The van der Waals surface area contributed by atoms with Crippen molar-refractivity contribution in [1.29, 1.82) is 0 Å². The van der Waals surface area contributed by atoms with Crippen LogP contribution in [0.5, 0.6) is 5.75 Å². The number of nitro groups is 1. The highest BCUT2D eigenvalue weighted by Gasteiger charge is 2.17. The second kappa shape index (κ2) is 9.03. The summed E-state index contributed by atoms with van der Waals surface area (Å²) < 4.78 is 5.68. The van der Waals surface area contributed by atoms with Crippen LogP contribution in [0.3, 0.4) is 0 Å². The fraction of sp³-hybridized carbons (Fsp3) is 0.368. The van der Waals surface area contributed by atoms with E-state index in [0.717, 1.165) is 37.2 Å². The summed E-state index contributed by atoms with van der Waals surface area (Å²) in [6.07, 6.45) is 1.08. The lowest BCUT2D eigenvalue weighted by atomic mass is 10.0. The van der Waals surface area contributed by atoms with Gasteiger partial charge >= 0.3 is 5.69 Å². The fourth-order valence-corrected chi connectivity index (χ4v) is 2.62. The van der Waals surface area contributed by atoms with Crippen molar-refractivity contribution in [3.8, 4) is 16.9 Å². The molecule has 0 aliphatic heterocycles. The van der Waals surface area contributed by atoms with E-state index in [9.17, 15) is 10.1 Å². The lowest BCUT2D eigenvalue weighted by Gasteiger charge is -2.19. The first-order valence-electron chi connectivity index (χ1n) is 8.34. The maximum absolute atomic E-state index is 11.4. The third kappa shape index (κ3) is 4.80. The van der Waals surface area contributed by atoms with Gasteiger partial charge in [-0.1, -0.05) is 50.2 Å². The Morgan fingerprint density at radius 1 is 1.04 bits per heavy atom. The van der Waals surface area contributed by atoms with E-state index < -0.39 is 0 Å². The molecule has 0 aliphatic rings. The van der Waals surface area contributed by atoms with Crippen LogP contribution in [0.15, 0.2) is 48.5 Å². The molecule has 0 heterocycles. The predicted molar refractivity (Wildman–Crippen MR) is 96.4 cm³/mol. The van der Waals surface area contributed by atoms with Gasteiger partial charge in [0.15, 0.2) is 5.75 Å². The Bertz CT molecular complexity index is 659. The number of ether oxygens (including phenoxy) is 1. The minimum absolute atomic E-state index is 0.00916. The van der Waals surface area contributed by atoms with Crippen LogP contribution in [0.2, 0.25) is 0 Å². The molecule has 2 aromatic rings. The lowest BCUT2D eigenvalue weighted by molar-refractivity contribution is -0.385. The van der Waals surface area contributed by atoms with Gasteiger partial charge in [0.25, 0.3) is 0 Å². The summed E-state index contributed by atoms with van der Waals surface area (Å²) in [7, 11) is 0. The standard InChI is InChI=1S/C19H24N2O3/c1-3-12-20(4-2)13-14-24-19-11-10-17(15-18(19)21(22)23)16-8-6-5-7-9-16/h5-11,15H,3-4,12-14H2,1-2H3. The molecule has 0 atom stereocenters. The van der Waals surface area contributed by atoms with Gasteiger partial charge < -0.3 is 9.64 Å². The smallest absolute Gasteiger partial charge is 0.311 e. The molecule has 0 aliphatic carbocycles. The molecular formula is C19H24N2O3. The minimum atomic E-state index is -0.384. The zero-order valence-electron chi connectivity index (χ0n) is 14.3. The molecule has 0 aromatic heterocycles. The number of hydrogen-bond acceptors (Lipinski definition) is 4. The zero-order chi connectivity index (χ0) is 17.4. The molecule has 2 aromatic carbocycles. The average molecular weight is 328 g/mol. The van der Waals surface area contributed by atoms with Crippen molar-refractivity contribution < 1.29 is 9.66 Å². The number of nitro benzene ring substituents is 1. The van der Waals surface area contributed by atoms with Crippen LogP contribution >= 0.6 is 0 Å². The van der Waals surface area contributed by atoms with Gasteiger partial charge in [0.1, 0.15) is 6.61 Å². The summed E-state index contributed by atoms with van der Waals surface area (Å²) in [6, 6.07) is 14.8. The van der Waals surface area contributed by atoms with E-state index >= 15 is 0 Å². The Kier molecular flexibility index (Phi) is 6.75. The van der Waals surface area contributed by atoms with Gasteiger partial charge in [-0.05, 0) is 36.7 Å². The minimum Gasteiger partial charge on any atom is -0.485 e. The van der Waals surface area contributed by atoms with Crippen molar-refractivity contribution in [1.82, 2.24) is 4.90 Å². The van der Waals surface area contributed by atoms with Gasteiger partial charge in [0.05, 0.1) is 4.92 Å². The lowest BCUT2D eigenvalue weighted by Crippen LogP contribution is -2.29. The largest absolute Gasteiger partial charge is 0.485 e. The monoisotopic (exact) mass is 328 g/mol. The van der Waals surface area contributed by atoms with Crippen LogP contribution in [0.1, 0.15) is 20.3 Å². The van der Waals surface area contributed by atoms with E-state index in [1.165, 1.54) is 0 Å². The Hall–Kier alpha value is -2.40. The van der Waals surface area contributed by atoms with Crippen LogP contribution in [0.4, 0.5) is 5.69 Å². The van der Waals surface area contributed by atoms with Gasteiger partial charge in [-0.2, -0.15) is 0 Å². The van der Waals surface area contributed by atoms with Crippen molar-refractivity contribution in [3.63, 3.8) is 0 Å². The molecule has 0 N–H and O–H groups in total. The molecule has 0 fully saturated rings. The highest BCUT2D eigenvalue weighted by Crippen LogP contribution is 2.32. The summed E-state index contributed by atoms with van der Waals surface area (Å²) in [6.45, 7) is 7.41.